The van der Waals surface area contributed by atoms with E-state index in [0.29, 0.717) is 24.6 Å². The lowest BCUT2D eigenvalue weighted by molar-refractivity contribution is -0.128. The van der Waals surface area contributed by atoms with Crippen molar-refractivity contribution in [1.82, 2.24) is 4.90 Å². The lowest BCUT2D eigenvalue weighted by atomic mass is 10.0. The molecule has 1 aliphatic heterocycles. The normalized spacial score (nSPS) is 18.1. The summed E-state index contributed by atoms with van der Waals surface area (Å²) in [7, 11) is 1.55. The van der Waals surface area contributed by atoms with E-state index in [4.69, 9.17) is 9.84 Å². The highest BCUT2D eigenvalue weighted by Gasteiger charge is 2.29. The second-order valence-electron chi connectivity index (χ2n) is 5.46. The summed E-state index contributed by atoms with van der Waals surface area (Å²) in [5.74, 6) is 0.189. The minimum atomic E-state index is -0.976. The maximum atomic E-state index is 12.1. The van der Waals surface area contributed by atoms with Gasteiger partial charge in [0.2, 0.25) is 5.91 Å². The van der Waals surface area contributed by atoms with Gasteiger partial charge < -0.3 is 14.7 Å². The van der Waals surface area contributed by atoms with Crippen molar-refractivity contribution >= 4 is 11.9 Å². The number of ether oxygens (including phenoxy) is 1. The fraction of sp³-hybridized carbons (Fsp3) is 0.500. The number of carboxylic acids is 1. The molecule has 2 rings (SSSR count). The summed E-state index contributed by atoms with van der Waals surface area (Å²) >= 11 is 0. The number of benzene rings is 1. The summed E-state index contributed by atoms with van der Waals surface area (Å²) in [6, 6.07) is 4.74. The van der Waals surface area contributed by atoms with Crippen LogP contribution in [0.15, 0.2) is 18.2 Å². The van der Waals surface area contributed by atoms with Crippen molar-refractivity contribution < 1.29 is 19.4 Å². The van der Waals surface area contributed by atoms with Gasteiger partial charge in [0.1, 0.15) is 5.75 Å². The van der Waals surface area contributed by atoms with E-state index in [2.05, 4.69) is 6.92 Å². The van der Waals surface area contributed by atoms with Crippen LogP contribution in [0, 0.1) is 5.92 Å². The summed E-state index contributed by atoms with van der Waals surface area (Å²) in [6.45, 7) is 3.27. The lowest BCUT2D eigenvalue weighted by Gasteiger charge is -2.19. The van der Waals surface area contributed by atoms with Gasteiger partial charge >= 0.3 is 5.97 Å². The Morgan fingerprint density at radius 1 is 1.48 bits per heavy atom. The number of carbonyl (C=O) groups excluding carboxylic acids is 1. The van der Waals surface area contributed by atoms with Crippen molar-refractivity contribution in [2.45, 2.75) is 32.7 Å². The van der Waals surface area contributed by atoms with Crippen LogP contribution in [0.5, 0.6) is 5.75 Å². The Labute approximate surface area is 124 Å². The van der Waals surface area contributed by atoms with Crippen LogP contribution in [0.1, 0.15) is 42.1 Å². The molecule has 5 heteroatoms. The molecule has 1 atom stereocenters. The number of aromatic carboxylic acids is 1. The van der Waals surface area contributed by atoms with Crippen molar-refractivity contribution in [3.05, 3.63) is 29.3 Å². The van der Waals surface area contributed by atoms with Crippen LogP contribution in [0.4, 0.5) is 0 Å². The summed E-state index contributed by atoms with van der Waals surface area (Å²) in [5.41, 5.74) is 0.949. The molecule has 1 aliphatic rings. The monoisotopic (exact) mass is 291 g/mol. The first-order valence-electron chi connectivity index (χ1n) is 7.23. The molecule has 1 unspecified atom stereocenters. The molecule has 1 amide bonds. The smallest absolute Gasteiger partial charge is 0.335 e. The number of carbonyl (C=O) groups is 2. The first kappa shape index (κ1) is 15.4. The van der Waals surface area contributed by atoms with Crippen molar-refractivity contribution in [2.75, 3.05) is 13.7 Å². The van der Waals surface area contributed by atoms with Crippen LogP contribution in [0.3, 0.4) is 0 Å². The van der Waals surface area contributed by atoms with E-state index < -0.39 is 5.97 Å². The summed E-state index contributed by atoms with van der Waals surface area (Å²) in [6.07, 6.45) is 2.72. The number of methoxy groups -OCH3 is 1. The highest BCUT2D eigenvalue weighted by molar-refractivity contribution is 5.88. The molecule has 0 saturated carbocycles. The third-order valence-corrected chi connectivity index (χ3v) is 3.88. The molecule has 1 heterocycles. The van der Waals surface area contributed by atoms with Crippen molar-refractivity contribution in [3.8, 4) is 5.75 Å². The molecule has 0 bridgehead atoms. The number of likely N-dealkylation sites (tertiary alicyclic amines) is 1. The molecular formula is C16H21NO4. The Morgan fingerprint density at radius 2 is 2.24 bits per heavy atom. The molecule has 1 fully saturated rings. The van der Waals surface area contributed by atoms with Crippen LogP contribution >= 0.6 is 0 Å². The first-order chi connectivity index (χ1) is 10.0. The molecule has 0 spiro atoms. The fourth-order valence-corrected chi connectivity index (χ4v) is 2.85. The molecule has 0 radical (unpaired) electrons. The molecule has 0 aromatic heterocycles. The molecule has 0 aliphatic carbocycles. The molecule has 1 aromatic rings. The van der Waals surface area contributed by atoms with E-state index >= 15 is 0 Å². The second-order valence-corrected chi connectivity index (χ2v) is 5.46. The molecule has 5 nitrogen and oxygen atoms in total. The van der Waals surface area contributed by atoms with Crippen LogP contribution < -0.4 is 4.74 Å². The highest BCUT2D eigenvalue weighted by Crippen LogP contribution is 2.27. The van der Waals surface area contributed by atoms with Crippen LogP contribution in [0.25, 0.3) is 0 Å². The van der Waals surface area contributed by atoms with Gasteiger partial charge in [0.25, 0.3) is 0 Å². The first-order valence-corrected chi connectivity index (χ1v) is 7.23. The van der Waals surface area contributed by atoms with E-state index in [1.54, 1.807) is 24.1 Å². The molecule has 21 heavy (non-hydrogen) atoms. The largest absolute Gasteiger partial charge is 0.496 e. The third kappa shape index (κ3) is 3.54. The Balaban J connectivity index is 2.16. The highest BCUT2D eigenvalue weighted by atomic mass is 16.5. The molecule has 1 N–H and O–H groups in total. The van der Waals surface area contributed by atoms with Crippen LogP contribution in [0.2, 0.25) is 0 Å². The van der Waals surface area contributed by atoms with Crippen LogP contribution in [-0.2, 0) is 11.3 Å². The minimum absolute atomic E-state index is 0.135. The van der Waals surface area contributed by atoms with Gasteiger partial charge in [0.15, 0.2) is 0 Å². The summed E-state index contributed by atoms with van der Waals surface area (Å²) in [5, 5.41) is 9.08. The van der Waals surface area contributed by atoms with Crippen molar-refractivity contribution in [3.63, 3.8) is 0 Å². The number of hydrogen-bond donors (Lipinski definition) is 1. The topological polar surface area (TPSA) is 66.8 Å². The summed E-state index contributed by atoms with van der Waals surface area (Å²) in [4.78, 5) is 24.9. The SMILES string of the molecule is CCCC1CC(=O)N(Cc2cc(C(=O)O)ccc2OC)C1. The van der Waals surface area contributed by atoms with Gasteiger partial charge in [-0.2, -0.15) is 0 Å². The van der Waals surface area contributed by atoms with E-state index in [-0.39, 0.29) is 11.5 Å². The Hall–Kier alpha value is -2.04. The maximum Gasteiger partial charge on any atom is 0.335 e. The van der Waals surface area contributed by atoms with Gasteiger partial charge in [-0.05, 0) is 30.5 Å². The van der Waals surface area contributed by atoms with Gasteiger partial charge in [-0.15, -0.1) is 0 Å². The molecule has 1 aromatic carbocycles. The number of carboxylic acid groups (broad SMARTS) is 1. The van der Waals surface area contributed by atoms with E-state index in [0.717, 1.165) is 24.9 Å². The number of nitrogens with zero attached hydrogens (tertiary/aromatic N) is 1. The minimum Gasteiger partial charge on any atom is -0.496 e. The van der Waals surface area contributed by atoms with Crippen LogP contribution in [-0.4, -0.2) is 35.5 Å². The third-order valence-electron chi connectivity index (χ3n) is 3.88. The van der Waals surface area contributed by atoms with Crippen molar-refractivity contribution in [2.24, 2.45) is 5.92 Å². The zero-order valence-corrected chi connectivity index (χ0v) is 12.5. The van der Waals surface area contributed by atoms with Crippen molar-refractivity contribution in [1.29, 1.82) is 0 Å². The number of rotatable bonds is 6. The zero-order valence-electron chi connectivity index (χ0n) is 12.5. The fourth-order valence-electron chi connectivity index (χ4n) is 2.85. The predicted octanol–water partition coefficient (Wildman–Crippen LogP) is 2.54. The quantitative estimate of drug-likeness (QED) is 0.874. The average molecular weight is 291 g/mol. The number of amides is 1. The van der Waals surface area contributed by atoms with Gasteiger partial charge in [0.05, 0.1) is 12.7 Å². The second kappa shape index (κ2) is 6.61. The maximum absolute atomic E-state index is 12.1. The zero-order chi connectivity index (χ0) is 15.4. The number of hydrogen-bond acceptors (Lipinski definition) is 3. The van der Waals surface area contributed by atoms with Gasteiger partial charge in [0, 0.05) is 25.1 Å². The Bertz CT molecular complexity index is 541. The molecule has 1 saturated heterocycles. The Morgan fingerprint density at radius 3 is 2.86 bits per heavy atom. The standard InChI is InChI=1S/C16H21NO4/c1-3-4-11-7-15(18)17(9-11)10-13-8-12(16(19)20)5-6-14(13)21-2/h5-6,8,11H,3-4,7,9-10H2,1-2H3,(H,19,20). The van der Waals surface area contributed by atoms with Gasteiger partial charge in [-0.3, -0.25) is 4.79 Å². The van der Waals surface area contributed by atoms with E-state index in [1.807, 2.05) is 0 Å². The van der Waals surface area contributed by atoms with E-state index in [1.165, 1.54) is 6.07 Å². The molecular weight excluding hydrogens is 270 g/mol. The van der Waals surface area contributed by atoms with E-state index in [9.17, 15) is 9.59 Å². The molecule has 114 valence electrons. The summed E-state index contributed by atoms with van der Waals surface area (Å²) < 4.78 is 5.27. The van der Waals surface area contributed by atoms with Gasteiger partial charge in [-0.1, -0.05) is 13.3 Å². The van der Waals surface area contributed by atoms with Gasteiger partial charge in [-0.25, -0.2) is 4.79 Å². The Kier molecular flexibility index (Phi) is 4.83. The average Bonchev–Trinajstić information content (AvgIpc) is 2.79. The lowest BCUT2D eigenvalue weighted by Crippen LogP contribution is -2.25. The predicted molar refractivity (Wildman–Crippen MR) is 78.4 cm³/mol.